The van der Waals surface area contributed by atoms with E-state index in [1.165, 1.54) is 5.56 Å². The quantitative estimate of drug-likeness (QED) is 0.724. The van der Waals surface area contributed by atoms with E-state index in [2.05, 4.69) is 27.4 Å². The van der Waals surface area contributed by atoms with Gasteiger partial charge in [0.15, 0.2) is 0 Å². The van der Waals surface area contributed by atoms with Crippen LogP contribution in [0.15, 0.2) is 36.4 Å². The fourth-order valence-corrected chi connectivity index (χ4v) is 3.19. The number of rotatable bonds is 3. The van der Waals surface area contributed by atoms with Crippen molar-refractivity contribution in [2.45, 2.75) is 6.92 Å². The molecule has 3 rings (SSSR count). The summed E-state index contributed by atoms with van der Waals surface area (Å²) < 4.78 is 0. The van der Waals surface area contributed by atoms with Crippen LogP contribution in [-0.2, 0) is 0 Å². The van der Waals surface area contributed by atoms with Gasteiger partial charge in [-0.25, -0.2) is 9.97 Å². The minimum atomic E-state index is 0.499. The predicted molar refractivity (Wildman–Crippen MR) is 82.0 cm³/mol. The van der Waals surface area contributed by atoms with Crippen molar-refractivity contribution in [2.24, 2.45) is 0 Å². The molecule has 3 nitrogen and oxygen atoms in total. The molecule has 1 N–H and O–H groups in total. The molecule has 0 saturated carbocycles. The highest BCUT2D eigenvalue weighted by Gasteiger charge is 2.11. The molecule has 2 heterocycles. The Hall–Kier alpha value is -1.65. The Labute approximate surface area is 120 Å². The number of fused-ring (bicyclic) bond motifs is 1. The maximum absolute atomic E-state index is 6.21. The first-order valence-electron chi connectivity index (χ1n) is 6.04. The van der Waals surface area contributed by atoms with Gasteiger partial charge in [0.2, 0.25) is 5.95 Å². The van der Waals surface area contributed by atoms with Crippen molar-refractivity contribution in [3.05, 3.63) is 41.6 Å². The molecule has 19 heavy (non-hydrogen) atoms. The Morgan fingerprint density at radius 2 is 2.00 bits per heavy atom. The molecule has 0 spiro atoms. The van der Waals surface area contributed by atoms with Crippen molar-refractivity contribution in [1.82, 2.24) is 9.97 Å². The monoisotopic (exact) mass is 289 g/mol. The average molecular weight is 290 g/mol. The third kappa shape index (κ3) is 2.41. The third-order valence-corrected chi connectivity index (χ3v) is 4.11. The molecule has 0 radical (unpaired) electrons. The molecular weight excluding hydrogens is 278 g/mol. The zero-order valence-electron chi connectivity index (χ0n) is 10.4. The van der Waals surface area contributed by atoms with E-state index in [-0.39, 0.29) is 0 Å². The second-order valence-electron chi connectivity index (χ2n) is 4.06. The summed E-state index contributed by atoms with van der Waals surface area (Å²) in [6.45, 7) is 2.78. The maximum atomic E-state index is 6.21. The minimum Gasteiger partial charge on any atom is -0.354 e. The van der Waals surface area contributed by atoms with Crippen LogP contribution in [0, 0.1) is 0 Å². The van der Waals surface area contributed by atoms with Crippen molar-refractivity contribution in [2.75, 3.05) is 11.9 Å². The third-order valence-electron chi connectivity index (χ3n) is 2.74. The highest BCUT2D eigenvalue weighted by Crippen LogP contribution is 2.35. The van der Waals surface area contributed by atoms with Crippen LogP contribution < -0.4 is 5.32 Å². The predicted octanol–water partition coefficient (Wildman–Crippen LogP) is 4.44. The second kappa shape index (κ2) is 5.15. The molecule has 0 bridgehead atoms. The van der Waals surface area contributed by atoms with Crippen LogP contribution in [0.25, 0.3) is 20.7 Å². The summed E-state index contributed by atoms with van der Waals surface area (Å²) in [5, 5.41) is 4.50. The first kappa shape index (κ1) is 12.4. The number of halogens is 1. The van der Waals surface area contributed by atoms with Crippen LogP contribution in [-0.4, -0.2) is 16.5 Å². The zero-order chi connectivity index (χ0) is 13.2. The standard InChI is InChI=1S/C14H12ClN3S/c1-2-16-14-17-12(15)10-8-11(19-13(10)18-14)9-6-4-3-5-7-9/h3-8H,2H2,1H3,(H,16,17,18). The highest BCUT2D eigenvalue weighted by atomic mass is 35.5. The lowest BCUT2D eigenvalue weighted by Crippen LogP contribution is -2.01. The van der Waals surface area contributed by atoms with Crippen molar-refractivity contribution in [1.29, 1.82) is 0 Å². The van der Waals surface area contributed by atoms with Gasteiger partial charge in [0.1, 0.15) is 9.98 Å². The largest absolute Gasteiger partial charge is 0.354 e. The molecule has 0 aliphatic rings. The summed E-state index contributed by atoms with van der Waals surface area (Å²) in [4.78, 5) is 10.8. The number of thiophene rings is 1. The van der Waals surface area contributed by atoms with Gasteiger partial charge in [-0.15, -0.1) is 11.3 Å². The molecule has 0 saturated heterocycles. The van der Waals surface area contributed by atoms with E-state index >= 15 is 0 Å². The van der Waals surface area contributed by atoms with Crippen LogP contribution >= 0.6 is 22.9 Å². The first-order valence-corrected chi connectivity index (χ1v) is 7.23. The summed E-state index contributed by atoms with van der Waals surface area (Å²) in [5.74, 6) is 0.585. The van der Waals surface area contributed by atoms with Gasteiger partial charge in [-0.1, -0.05) is 41.9 Å². The fraction of sp³-hybridized carbons (Fsp3) is 0.143. The number of nitrogens with one attached hydrogen (secondary N) is 1. The van der Waals surface area contributed by atoms with E-state index in [1.54, 1.807) is 11.3 Å². The van der Waals surface area contributed by atoms with Gasteiger partial charge in [0, 0.05) is 16.8 Å². The molecule has 0 fully saturated rings. The minimum absolute atomic E-state index is 0.499. The number of hydrogen-bond donors (Lipinski definition) is 1. The van der Waals surface area contributed by atoms with Crippen molar-refractivity contribution >= 4 is 39.1 Å². The number of benzene rings is 1. The maximum Gasteiger partial charge on any atom is 0.225 e. The molecule has 5 heteroatoms. The van der Waals surface area contributed by atoms with Gasteiger partial charge >= 0.3 is 0 Å². The Bertz CT molecular complexity index is 709. The first-order chi connectivity index (χ1) is 9.28. The SMILES string of the molecule is CCNc1nc(Cl)c2cc(-c3ccccc3)sc2n1. The highest BCUT2D eigenvalue weighted by molar-refractivity contribution is 7.22. The molecule has 0 unspecified atom stereocenters. The summed E-state index contributed by atoms with van der Waals surface area (Å²) >= 11 is 7.84. The lowest BCUT2D eigenvalue weighted by Gasteiger charge is -2.01. The van der Waals surface area contributed by atoms with Crippen LogP contribution in [0.1, 0.15) is 6.92 Å². The number of nitrogens with zero attached hydrogens (tertiary/aromatic N) is 2. The second-order valence-corrected chi connectivity index (χ2v) is 5.45. The summed E-state index contributed by atoms with van der Waals surface area (Å²) in [7, 11) is 0. The van der Waals surface area contributed by atoms with Gasteiger partial charge in [-0.05, 0) is 18.6 Å². The lowest BCUT2D eigenvalue weighted by molar-refractivity contribution is 1.11. The van der Waals surface area contributed by atoms with Crippen LogP contribution in [0.3, 0.4) is 0 Å². The summed E-state index contributed by atoms with van der Waals surface area (Å²) in [5.41, 5.74) is 1.17. The molecule has 0 atom stereocenters. The van der Waals surface area contributed by atoms with Crippen LogP contribution in [0.2, 0.25) is 5.15 Å². The Morgan fingerprint density at radius 1 is 1.21 bits per heavy atom. The Balaban J connectivity index is 2.13. The topological polar surface area (TPSA) is 37.8 Å². The number of hydrogen-bond acceptors (Lipinski definition) is 4. The molecule has 0 amide bonds. The van der Waals surface area contributed by atoms with Gasteiger partial charge in [-0.2, -0.15) is 0 Å². The van der Waals surface area contributed by atoms with E-state index < -0.39 is 0 Å². The lowest BCUT2D eigenvalue weighted by atomic mass is 10.2. The van der Waals surface area contributed by atoms with Crippen molar-refractivity contribution < 1.29 is 0 Å². The van der Waals surface area contributed by atoms with E-state index in [1.807, 2.05) is 31.2 Å². The van der Waals surface area contributed by atoms with Crippen molar-refractivity contribution in [3.8, 4) is 10.4 Å². The average Bonchev–Trinajstić information content (AvgIpc) is 2.85. The normalized spacial score (nSPS) is 10.8. The van der Waals surface area contributed by atoms with Crippen LogP contribution in [0.4, 0.5) is 5.95 Å². The Morgan fingerprint density at radius 3 is 2.74 bits per heavy atom. The number of anilines is 1. The molecule has 0 aliphatic carbocycles. The van der Waals surface area contributed by atoms with Gasteiger partial charge in [0.05, 0.1) is 0 Å². The van der Waals surface area contributed by atoms with Crippen LogP contribution in [0.5, 0.6) is 0 Å². The summed E-state index contributed by atoms with van der Waals surface area (Å²) in [6, 6.07) is 12.3. The Kier molecular flexibility index (Phi) is 3.36. The van der Waals surface area contributed by atoms with Gasteiger partial charge in [-0.3, -0.25) is 0 Å². The van der Waals surface area contributed by atoms with Gasteiger partial charge < -0.3 is 5.32 Å². The van der Waals surface area contributed by atoms with Gasteiger partial charge in [0.25, 0.3) is 0 Å². The molecule has 0 aliphatic heterocycles. The molecule has 3 aromatic rings. The summed E-state index contributed by atoms with van der Waals surface area (Å²) in [6.07, 6.45) is 0. The zero-order valence-corrected chi connectivity index (χ0v) is 11.9. The van der Waals surface area contributed by atoms with E-state index in [0.29, 0.717) is 11.1 Å². The molecule has 2 aromatic heterocycles. The number of aromatic nitrogens is 2. The van der Waals surface area contributed by atoms with E-state index in [0.717, 1.165) is 21.6 Å². The molecular formula is C14H12ClN3S. The fourth-order valence-electron chi connectivity index (χ4n) is 1.87. The molecule has 1 aromatic carbocycles. The smallest absolute Gasteiger partial charge is 0.225 e. The van der Waals surface area contributed by atoms with E-state index in [4.69, 9.17) is 11.6 Å². The van der Waals surface area contributed by atoms with Crippen molar-refractivity contribution in [3.63, 3.8) is 0 Å². The van der Waals surface area contributed by atoms with E-state index in [9.17, 15) is 0 Å². The molecule has 96 valence electrons.